The minimum Gasteiger partial charge on any atom is -0.277 e. The molecule has 0 spiro atoms. The zero-order valence-electron chi connectivity index (χ0n) is 9.65. The number of imidazole rings is 1. The number of fused-ring (bicyclic) bond motifs is 1. The van der Waals surface area contributed by atoms with E-state index in [2.05, 4.69) is 4.98 Å². The first-order valence-corrected chi connectivity index (χ1v) is 5.41. The van der Waals surface area contributed by atoms with Crippen LogP contribution in [0, 0.1) is 6.92 Å². The highest BCUT2D eigenvalue weighted by molar-refractivity contribution is 5.43. The molecule has 0 aliphatic rings. The number of rotatable bonds is 1. The maximum Gasteiger partial charge on any atom is 0.293 e. The summed E-state index contributed by atoms with van der Waals surface area (Å²) >= 11 is 0. The number of aromatic nitrogens is 4. The molecule has 0 aromatic carbocycles. The van der Waals surface area contributed by atoms with E-state index in [4.69, 9.17) is 0 Å². The first kappa shape index (κ1) is 10.5. The van der Waals surface area contributed by atoms with Crippen molar-refractivity contribution in [3.63, 3.8) is 0 Å². The molecule has 0 aliphatic heterocycles. The van der Waals surface area contributed by atoms with Crippen LogP contribution < -0.4 is 11.1 Å². The zero-order chi connectivity index (χ0) is 12.7. The Labute approximate surface area is 101 Å². The third-order valence-electron chi connectivity index (χ3n) is 2.72. The summed E-state index contributed by atoms with van der Waals surface area (Å²) in [4.78, 5) is 27.9. The van der Waals surface area contributed by atoms with E-state index in [1.54, 1.807) is 35.5 Å². The third-order valence-corrected chi connectivity index (χ3v) is 2.72. The van der Waals surface area contributed by atoms with Crippen LogP contribution in [0.15, 0.2) is 52.7 Å². The van der Waals surface area contributed by atoms with Crippen LogP contribution in [0.1, 0.15) is 5.69 Å². The topological polar surface area (TPSA) is 61.3 Å². The average Bonchev–Trinajstić information content (AvgIpc) is 2.77. The van der Waals surface area contributed by atoms with Crippen molar-refractivity contribution in [1.82, 2.24) is 18.7 Å². The zero-order valence-corrected chi connectivity index (χ0v) is 9.65. The maximum atomic E-state index is 12.2. The van der Waals surface area contributed by atoms with Crippen LogP contribution in [0.4, 0.5) is 0 Å². The van der Waals surface area contributed by atoms with E-state index in [9.17, 15) is 9.59 Å². The van der Waals surface area contributed by atoms with Gasteiger partial charge in [-0.15, -0.1) is 0 Å². The smallest absolute Gasteiger partial charge is 0.277 e. The van der Waals surface area contributed by atoms with Gasteiger partial charge in [0.05, 0.1) is 5.69 Å². The molecule has 0 fully saturated rings. The number of hydrogen-bond donors (Lipinski definition) is 0. The quantitative estimate of drug-likeness (QED) is 0.615. The summed E-state index contributed by atoms with van der Waals surface area (Å²) in [5.74, 6) is 0. The van der Waals surface area contributed by atoms with E-state index in [0.29, 0.717) is 5.52 Å². The summed E-state index contributed by atoms with van der Waals surface area (Å²) in [7, 11) is 0. The molecule has 6 nitrogen and oxygen atoms in total. The molecule has 0 N–H and O–H groups in total. The van der Waals surface area contributed by atoms with Crippen molar-refractivity contribution in [3.8, 4) is 0 Å². The van der Waals surface area contributed by atoms with E-state index < -0.39 is 0 Å². The summed E-state index contributed by atoms with van der Waals surface area (Å²) in [5.41, 5.74) is 0.648. The summed E-state index contributed by atoms with van der Waals surface area (Å²) < 4.78 is 4.30. The van der Waals surface area contributed by atoms with Crippen LogP contribution in [0.3, 0.4) is 0 Å². The third kappa shape index (κ3) is 1.46. The van der Waals surface area contributed by atoms with Crippen LogP contribution in [0.25, 0.3) is 5.52 Å². The molecule has 90 valence electrons. The molecule has 0 unspecified atom stereocenters. The van der Waals surface area contributed by atoms with Gasteiger partial charge in [0.2, 0.25) is 0 Å². The molecule has 3 aromatic rings. The Morgan fingerprint density at radius 2 is 2.00 bits per heavy atom. The normalized spacial score (nSPS) is 10.9. The number of aryl methyl sites for hydroxylation is 1. The highest BCUT2D eigenvalue weighted by atomic mass is 16.1. The second kappa shape index (κ2) is 3.69. The molecule has 3 rings (SSSR count). The van der Waals surface area contributed by atoms with Crippen molar-refractivity contribution < 1.29 is 0 Å². The molecule has 0 atom stereocenters. The lowest BCUT2D eigenvalue weighted by atomic mass is 10.4. The van der Waals surface area contributed by atoms with Gasteiger partial charge in [0.1, 0.15) is 11.8 Å². The summed E-state index contributed by atoms with van der Waals surface area (Å²) in [5, 5.41) is 0. The Bertz CT molecular complexity index is 841. The largest absolute Gasteiger partial charge is 0.293 e. The van der Waals surface area contributed by atoms with Gasteiger partial charge in [0.15, 0.2) is 0 Å². The van der Waals surface area contributed by atoms with Crippen LogP contribution in [0.5, 0.6) is 0 Å². The van der Waals surface area contributed by atoms with Gasteiger partial charge in [-0.05, 0) is 13.0 Å². The van der Waals surface area contributed by atoms with Crippen molar-refractivity contribution in [3.05, 3.63) is 69.5 Å². The number of hydrogen-bond acceptors (Lipinski definition) is 3. The van der Waals surface area contributed by atoms with Gasteiger partial charge in [-0.1, -0.05) is 6.07 Å². The van der Waals surface area contributed by atoms with Crippen molar-refractivity contribution in [2.45, 2.75) is 6.92 Å². The predicted octanol–water partition coefficient (Wildman–Crippen LogP) is 0.278. The lowest BCUT2D eigenvalue weighted by Crippen LogP contribution is -2.29. The van der Waals surface area contributed by atoms with E-state index >= 15 is 0 Å². The molecule has 0 amide bonds. The standard InChI is InChI=1S/C12H10N4O2/c1-9-7-14(8-13-9)16-6-5-15-10(12(16)18)3-2-4-11(15)17/h2-8H,1H3. The minimum absolute atomic E-state index is 0.224. The Hall–Kier alpha value is -2.63. The second-order valence-electron chi connectivity index (χ2n) is 3.96. The SMILES string of the molecule is Cc1cn(-n2ccn3c(=O)cccc3c2=O)cn1. The number of pyridine rings is 1. The Morgan fingerprint density at radius 1 is 1.17 bits per heavy atom. The summed E-state index contributed by atoms with van der Waals surface area (Å²) in [6, 6.07) is 4.60. The Kier molecular flexibility index (Phi) is 2.16. The van der Waals surface area contributed by atoms with Crippen molar-refractivity contribution in [2.24, 2.45) is 0 Å². The predicted molar refractivity (Wildman–Crippen MR) is 65.7 cm³/mol. The van der Waals surface area contributed by atoms with Crippen molar-refractivity contribution in [1.29, 1.82) is 0 Å². The maximum absolute atomic E-state index is 12.2. The van der Waals surface area contributed by atoms with E-state index in [1.165, 1.54) is 21.3 Å². The molecule has 0 saturated carbocycles. The first-order chi connectivity index (χ1) is 8.66. The highest BCUT2D eigenvalue weighted by Gasteiger charge is 2.04. The Balaban J connectivity index is 2.37. The lowest BCUT2D eigenvalue weighted by molar-refractivity contribution is 0.625. The molecule has 0 saturated heterocycles. The van der Waals surface area contributed by atoms with Crippen LogP contribution in [0.2, 0.25) is 0 Å². The second-order valence-corrected chi connectivity index (χ2v) is 3.96. The van der Waals surface area contributed by atoms with E-state index in [0.717, 1.165) is 5.69 Å². The molecule has 0 aliphatic carbocycles. The fraction of sp³-hybridized carbons (Fsp3) is 0.0833. The van der Waals surface area contributed by atoms with Crippen LogP contribution in [-0.2, 0) is 0 Å². The Morgan fingerprint density at radius 3 is 2.72 bits per heavy atom. The lowest BCUT2D eigenvalue weighted by Gasteiger charge is -2.07. The van der Waals surface area contributed by atoms with Gasteiger partial charge in [-0.25, -0.2) is 14.3 Å². The molecular formula is C12H10N4O2. The molecule has 3 aromatic heterocycles. The van der Waals surface area contributed by atoms with Crippen LogP contribution in [-0.4, -0.2) is 18.7 Å². The summed E-state index contributed by atoms with van der Waals surface area (Å²) in [6.45, 7) is 1.84. The minimum atomic E-state index is -0.271. The number of nitrogens with zero attached hydrogens (tertiary/aromatic N) is 4. The molecule has 0 radical (unpaired) electrons. The van der Waals surface area contributed by atoms with Gasteiger partial charge in [0.25, 0.3) is 11.1 Å². The van der Waals surface area contributed by atoms with E-state index in [-0.39, 0.29) is 11.1 Å². The summed E-state index contributed by atoms with van der Waals surface area (Å²) in [6.07, 6.45) is 6.39. The first-order valence-electron chi connectivity index (χ1n) is 5.41. The molecule has 3 heterocycles. The molecular weight excluding hydrogens is 232 g/mol. The molecule has 18 heavy (non-hydrogen) atoms. The fourth-order valence-corrected chi connectivity index (χ4v) is 1.85. The van der Waals surface area contributed by atoms with Crippen LogP contribution >= 0.6 is 0 Å². The van der Waals surface area contributed by atoms with Crippen molar-refractivity contribution >= 4 is 5.52 Å². The highest BCUT2D eigenvalue weighted by Crippen LogP contribution is 1.96. The fourth-order valence-electron chi connectivity index (χ4n) is 1.85. The van der Waals surface area contributed by atoms with Crippen molar-refractivity contribution in [2.75, 3.05) is 0 Å². The van der Waals surface area contributed by atoms with Gasteiger partial charge >= 0.3 is 0 Å². The van der Waals surface area contributed by atoms with Gasteiger partial charge in [0, 0.05) is 24.7 Å². The average molecular weight is 242 g/mol. The molecule has 6 heteroatoms. The van der Waals surface area contributed by atoms with Gasteiger partial charge in [-0.2, -0.15) is 0 Å². The van der Waals surface area contributed by atoms with Gasteiger partial charge in [-0.3, -0.25) is 14.0 Å². The molecule has 0 bridgehead atoms. The monoisotopic (exact) mass is 242 g/mol. The van der Waals surface area contributed by atoms with E-state index in [1.807, 2.05) is 6.92 Å². The van der Waals surface area contributed by atoms with Gasteiger partial charge < -0.3 is 0 Å².